The SMILES string of the molecule is CCNC(=O)c1ccc(N)cc1NC1(C)CCC1. The van der Waals surface area contributed by atoms with Crippen LogP contribution in [0.25, 0.3) is 0 Å². The van der Waals surface area contributed by atoms with Crippen LogP contribution in [0.5, 0.6) is 0 Å². The first-order chi connectivity index (χ1) is 8.54. The second-order valence-electron chi connectivity index (χ2n) is 5.20. The number of carbonyl (C=O) groups is 1. The van der Waals surface area contributed by atoms with E-state index in [-0.39, 0.29) is 11.4 Å². The number of rotatable bonds is 4. The summed E-state index contributed by atoms with van der Waals surface area (Å²) in [7, 11) is 0. The number of benzene rings is 1. The molecule has 1 aliphatic rings. The minimum atomic E-state index is -0.0528. The zero-order valence-corrected chi connectivity index (χ0v) is 11.0. The van der Waals surface area contributed by atoms with E-state index < -0.39 is 0 Å². The van der Waals surface area contributed by atoms with E-state index in [9.17, 15) is 4.79 Å². The fraction of sp³-hybridized carbons (Fsp3) is 0.500. The first-order valence-electron chi connectivity index (χ1n) is 6.50. The van der Waals surface area contributed by atoms with Crippen molar-refractivity contribution in [3.63, 3.8) is 0 Å². The monoisotopic (exact) mass is 247 g/mol. The first kappa shape index (κ1) is 12.7. The molecule has 0 aromatic heterocycles. The van der Waals surface area contributed by atoms with Gasteiger partial charge < -0.3 is 16.4 Å². The van der Waals surface area contributed by atoms with Crippen LogP contribution in [0.1, 0.15) is 43.5 Å². The van der Waals surface area contributed by atoms with E-state index in [1.165, 1.54) is 6.42 Å². The van der Waals surface area contributed by atoms with Gasteiger partial charge in [-0.3, -0.25) is 4.79 Å². The van der Waals surface area contributed by atoms with Crippen molar-refractivity contribution in [1.29, 1.82) is 0 Å². The van der Waals surface area contributed by atoms with Crippen LogP contribution in [-0.2, 0) is 0 Å². The third-order valence-electron chi connectivity index (χ3n) is 3.52. The number of nitrogens with two attached hydrogens (primary N) is 1. The van der Waals surface area contributed by atoms with Gasteiger partial charge in [0.05, 0.1) is 5.56 Å². The van der Waals surface area contributed by atoms with Crippen LogP contribution in [0.3, 0.4) is 0 Å². The Balaban J connectivity index is 2.25. The minimum absolute atomic E-state index is 0.0528. The Bertz CT molecular complexity index is 452. The minimum Gasteiger partial charge on any atom is -0.399 e. The maximum atomic E-state index is 12.0. The zero-order valence-electron chi connectivity index (χ0n) is 11.0. The van der Waals surface area contributed by atoms with Gasteiger partial charge in [0, 0.05) is 23.5 Å². The van der Waals surface area contributed by atoms with Gasteiger partial charge in [-0.15, -0.1) is 0 Å². The molecule has 1 amide bonds. The van der Waals surface area contributed by atoms with Gasteiger partial charge in [0.15, 0.2) is 0 Å². The Kier molecular flexibility index (Phi) is 3.45. The van der Waals surface area contributed by atoms with Crippen LogP contribution in [0, 0.1) is 0 Å². The van der Waals surface area contributed by atoms with E-state index in [4.69, 9.17) is 5.73 Å². The number of carbonyl (C=O) groups excluding carboxylic acids is 1. The second kappa shape index (κ2) is 4.88. The molecule has 4 nitrogen and oxygen atoms in total. The average molecular weight is 247 g/mol. The molecule has 1 aromatic carbocycles. The Morgan fingerprint density at radius 1 is 1.44 bits per heavy atom. The van der Waals surface area contributed by atoms with Gasteiger partial charge in [-0.25, -0.2) is 0 Å². The molecule has 4 N–H and O–H groups in total. The maximum Gasteiger partial charge on any atom is 0.253 e. The van der Waals surface area contributed by atoms with Crippen molar-refractivity contribution in [3.05, 3.63) is 23.8 Å². The lowest BCUT2D eigenvalue weighted by atomic mass is 9.78. The molecule has 4 heteroatoms. The fourth-order valence-corrected chi connectivity index (χ4v) is 2.28. The highest BCUT2D eigenvalue weighted by atomic mass is 16.1. The smallest absolute Gasteiger partial charge is 0.253 e. The first-order valence-corrected chi connectivity index (χ1v) is 6.50. The van der Waals surface area contributed by atoms with Gasteiger partial charge >= 0.3 is 0 Å². The van der Waals surface area contributed by atoms with Crippen molar-refractivity contribution in [2.45, 2.75) is 38.6 Å². The lowest BCUT2D eigenvalue weighted by molar-refractivity contribution is 0.0956. The van der Waals surface area contributed by atoms with Gasteiger partial charge in [0.2, 0.25) is 0 Å². The van der Waals surface area contributed by atoms with Crippen LogP contribution in [0.2, 0.25) is 0 Å². The molecule has 0 atom stereocenters. The maximum absolute atomic E-state index is 12.0. The summed E-state index contributed by atoms with van der Waals surface area (Å²) in [6, 6.07) is 5.39. The molecule has 0 saturated heterocycles. The Morgan fingerprint density at radius 3 is 2.72 bits per heavy atom. The number of anilines is 2. The molecule has 0 bridgehead atoms. The molecule has 1 aliphatic carbocycles. The van der Waals surface area contributed by atoms with Gasteiger partial charge in [-0.2, -0.15) is 0 Å². The highest BCUT2D eigenvalue weighted by Gasteiger charge is 2.32. The molecule has 1 fully saturated rings. The molecule has 0 heterocycles. The van der Waals surface area contributed by atoms with E-state index in [0.29, 0.717) is 17.8 Å². The molecular weight excluding hydrogens is 226 g/mol. The third-order valence-corrected chi connectivity index (χ3v) is 3.52. The molecule has 1 saturated carbocycles. The summed E-state index contributed by atoms with van der Waals surface area (Å²) >= 11 is 0. The molecule has 0 spiro atoms. The Labute approximate surface area is 108 Å². The Hall–Kier alpha value is -1.71. The summed E-state index contributed by atoms with van der Waals surface area (Å²) in [6.07, 6.45) is 3.51. The predicted molar refractivity (Wildman–Crippen MR) is 74.7 cm³/mol. The van der Waals surface area contributed by atoms with Gasteiger partial charge in [-0.05, 0) is 51.3 Å². The summed E-state index contributed by atoms with van der Waals surface area (Å²) in [5.74, 6) is -0.0528. The number of hydrogen-bond acceptors (Lipinski definition) is 3. The topological polar surface area (TPSA) is 67.2 Å². The summed E-state index contributed by atoms with van der Waals surface area (Å²) < 4.78 is 0. The van der Waals surface area contributed by atoms with E-state index in [1.54, 1.807) is 12.1 Å². The van der Waals surface area contributed by atoms with Crippen LogP contribution in [0.15, 0.2) is 18.2 Å². The van der Waals surface area contributed by atoms with Crippen molar-refractivity contribution in [3.8, 4) is 0 Å². The highest BCUT2D eigenvalue weighted by molar-refractivity contribution is 6.00. The van der Waals surface area contributed by atoms with Crippen molar-refractivity contribution in [2.24, 2.45) is 0 Å². The number of amides is 1. The van der Waals surface area contributed by atoms with Gasteiger partial charge in [0.25, 0.3) is 5.91 Å². The lowest BCUT2D eigenvalue weighted by Crippen LogP contribution is -2.42. The second-order valence-corrected chi connectivity index (χ2v) is 5.20. The van der Waals surface area contributed by atoms with Crippen LogP contribution < -0.4 is 16.4 Å². The highest BCUT2D eigenvalue weighted by Crippen LogP contribution is 2.36. The zero-order chi connectivity index (χ0) is 13.2. The van der Waals surface area contributed by atoms with Crippen LogP contribution >= 0.6 is 0 Å². The van der Waals surface area contributed by atoms with Crippen molar-refractivity contribution >= 4 is 17.3 Å². The molecule has 98 valence electrons. The quantitative estimate of drug-likeness (QED) is 0.716. The summed E-state index contributed by atoms with van der Waals surface area (Å²) in [5.41, 5.74) is 8.09. The van der Waals surface area contributed by atoms with E-state index in [2.05, 4.69) is 17.6 Å². The molecule has 18 heavy (non-hydrogen) atoms. The van der Waals surface area contributed by atoms with Crippen molar-refractivity contribution in [2.75, 3.05) is 17.6 Å². The fourth-order valence-electron chi connectivity index (χ4n) is 2.28. The third kappa shape index (κ3) is 2.58. The molecule has 1 aromatic rings. The van der Waals surface area contributed by atoms with E-state index in [1.807, 2.05) is 13.0 Å². The van der Waals surface area contributed by atoms with Crippen LogP contribution in [0.4, 0.5) is 11.4 Å². The number of nitrogen functional groups attached to an aromatic ring is 1. The predicted octanol–water partition coefficient (Wildman–Crippen LogP) is 2.37. The van der Waals surface area contributed by atoms with E-state index in [0.717, 1.165) is 18.5 Å². The molecular formula is C14H21N3O. The standard InChI is InChI=1S/C14H21N3O/c1-3-16-13(18)11-6-5-10(15)9-12(11)17-14(2)7-4-8-14/h5-6,9,17H,3-4,7-8,15H2,1-2H3,(H,16,18). The largest absolute Gasteiger partial charge is 0.399 e. The average Bonchev–Trinajstić information content (AvgIpc) is 2.27. The normalized spacial score (nSPS) is 16.8. The van der Waals surface area contributed by atoms with Crippen LogP contribution in [-0.4, -0.2) is 18.0 Å². The van der Waals surface area contributed by atoms with Crippen molar-refractivity contribution in [1.82, 2.24) is 5.32 Å². The molecule has 0 unspecified atom stereocenters. The number of nitrogens with one attached hydrogen (secondary N) is 2. The number of hydrogen-bond donors (Lipinski definition) is 3. The van der Waals surface area contributed by atoms with E-state index >= 15 is 0 Å². The lowest BCUT2D eigenvalue weighted by Gasteiger charge is -2.40. The van der Waals surface area contributed by atoms with Gasteiger partial charge in [-0.1, -0.05) is 0 Å². The summed E-state index contributed by atoms with van der Waals surface area (Å²) in [6.45, 7) is 4.72. The molecule has 0 aliphatic heterocycles. The molecule has 0 radical (unpaired) electrons. The van der Waals surface area contributed by atoms with Gasteiger partial charge in [0.1, 0.15) is 0 Å². The summed E-state index contributed by atoms with van der Waals surface area (Å²) in [4.78, 5) is 12.0. The van der Waals surface area contributed by atoms with Crippen molar-refractivity contribution < 1.29 is 4.79 Å². The summed E-state index contributed by atoms with van der Waals surface area (Å²) in [5, 5.41) is 6.29. The molecule has 2 rings (SSSR count). The Morgan fingerprint density at radius 2 is 2.17 bits per heavy atom.